The highest BCUT2D eigenvalue weighted by Gasteiger charge is 2.21. The van der Waals surface area contributed by atoms with Crippen molar-refractivity contribution in [3.05, 3.63) is 56.7 Å². The van der Waals surface area contributed by atoms with Crippen molar-refractivity contribution in [1.29, 1.82) is 0 Å². The van der Waals surface area contributed by atoms with Gasteiger partial charge in [0.2, 0.25) is 5.75 Å². The molecule has 2 aromatic rings. The molecule has 7 nitrogen and oxygen atoms in total. The molecule has 23 heavy (non-hydrogen) atoms. The third kappa shape index (κ3) is 4.26. The van der Waals surface area contributed by atoms with Gasteiger partial charge in [-0.15, -0.1) is 0 Å². The molecule has 0 fully saturated rings. The highest BCUT2D eigenvalue weighted by Crippen LogP contribution is 2.31. The molecule has 1 heterocycles. The standard InChI is InChI=1S/C14H13BrN2O5S/c1-9(10-4-3-5-12(6-10)23(2,20)21)22-13-7-11(15)8-16-14(13)17(18)19/h3-9H,1-2H3. The number of hydrogen-bond donors (Lipinski definition) is 0. The van der Waals surface area contributed by atoms with Crippen molar-refractivity contribution in [2.45, 2.75) is 17.9 Å². The average Bonchev–Trinajstić information content (AvgIpc) is 2.46. The van der Waals surface area contributed by atoms with E-state index in [1.165, 1.54) is 24.4 Å². The van der Waals surface area contributed by atoms with E-state index in [0.717, 1.165) is 6.26 Å². The summed E-state index contributed by atoms with van der Waals surface area (Å²) in [6.07, 6.45) is 1.83. The second kappa shape index (κ2) is 6.63. The summed E-state index contributed by atoms with van der Waals surface area (Å²) >= 11 is 3.18. The molecule has 0 aliphatic carbocycles. The molecule has 0 amide bonds. The molecular weight excluding hydrogens is 388 g/mol. The Balaban J connectivity index is 2.35. The van der Waals surface area contributed by atoms with Gasteiger partial charge >= 0.3 is 5.82 Å². The van der Waals surface area contributed by atoms with E-state index in [4.69, 9.17) is 4.74 Å². The van der Waals surface area contributed by atoms with E-state index in [1.54, 1.807) is 19.1 Å². The van der Waals surface area contributed by atoms with Gasteiger partial charge in [0.25, 0.3) is 0 Å². The summed E-state index contributed by atoms with van der Waals surface area (Å²) in [5.41, 5.74) is 0.585. The number of nitrogens with zero attached hydrogens (tertiary/aromatic N) is 2. The lowest BCUT2D eigenvalue weighted by molar-refractivity contribution is -0.390. The third-order valence-corrected chi connectivity index (χ3v) is 4.58. The second-order valence-electron chi connectivity index (χ2n) is 4.84. The summed E-state index contributed by atoms with van der Waals surface area (Å²) in [5.74, 6) is -0.402. The minimum atomic E-state index is -3.34. The molecule has 1 aromatic carbocycles. The molecule has 1 atom stereocenters. The number of ether oxygens (including phenoxy) is 1. The molecule has 0 saturated heterocycles. The van der Waals surface area contributed by atoms with Crippen LogP contribution < -0.4 is 4.74 Å². The maximum atomic E-state index is 11.6. The Labute approximate surface area is 141 Å². The van der Waals surface area contributed by atoms with Gasteiger partial charge in [0, 0.05) is 12.3 Å². The Morgan fingerprint density at radius 2 is 2.04 bits per heavy atom. The van der Waals surface area contributed by atoms with Crippen molar-refractivity contribution < 1.29 is 18.1 Å². The normalized spacial score (nSPS) is 12.7. The monoisotopic (exact) mass is 400 g/mol. The zero-order valence-electron chi connectivity index (χ0n) is 12.3. The Hall–Kier alpha value is -2.00. The predicted molar refractivity (Wildman–Crippen MR) is 87.2 cm³/mol. The van der Waals surface area contributed by atoms with Gasteiger partial charge in [0.05, 0.1) is 9.37 Å². The molecule has 0 saturated carbocycles. The lowest BCUT2D eigenvalue weighted by Gasteiger charge is -2.15. The zero-order valence-corrected chi connectivity index (χ0v) is 14.7. The van der Waals surface area contributed by atoms with Crippen LogP contribution in [0.4, 0.5) is 5.82 Å². The molecule has 122 valence electrons. The highest BCUT2D eigenvalue weighted by atomic mass is 79.9. The number of hydrogen-bond acceptors (Lipinski definition) is 6. The van der Waals surface area contributed by atoms with Crippen LogP contribution in [0.3, 0.4) is 0 Å². The minimum absolute atomic E-state index is 0.00151. The van der Waals surface area contributed by atoms with Crippen molar-refractivity contribution in [2.75, 3.05) is 6.26 Å². The van der Waals surface area contributed by atoms with E-state index in [-0.39, 0.29) is 10.6 Å². The Kier molecular flexibility index (Phi) is 5.00. The summed E-state index contributed by atoms with van der Waals surface area (Å²) in [5, 5.41) is 11.0. The first-order chi connectivity index (χ1) is 10.7. The van der Waals surface area contributed by atoms with Crippen molar-refractivity contribution in [3.63, 3.8) is 0 Å². The van der Waals surface area contributed by atoms with Crippen LogP contribution in [-0.2, 0) is 9.84 Å². The smallest absolute Gasteiger partial charge is 0.406 e. The Morgan fingerprint density at radius 3 is 2.65 bits per heavy atom. The van der Waals surface area contributed by atoms with E-state index in [9.17, 15) is 18.5 Å². The summed E-state index contributed by atoms with van der Waals surface area (Å²) in [4.78, 5) is 14.2. The molecule has 0 aliphatic rings. The molecule has 0 radical (unpaired) electrons. The first kappa shape index (κ1) is 17.4. The van der Waals surface area contributed by atoms with Gasteiger partial charge in [0.15, 0.2) is 16.0 Å². The first-order valence-electron chi connectivity index (χ1n) is 6.45. The lowest BCUT2D eigenvalue weighted by Crippen LogP contribution is -2.07. The van der Waals surface area contributed by atoms with Gasteiger partial charge in [0.1, 0.15) is 6.10 Å². The number of nitro groups is 1. The van der Waals surface area contributed by atoms with Crippen molar-refractivity contribution in [1.82, 2.24) is 4.98 Å². The van der Waals surface area contributed by atoms with Gasteiger partial charge < -0.3 is 14.9 Å². The largest absolute Gasteiger partial charge is 0.478 e. The maximum absolute atomic E-state index is 11.6. The summed E-state index contributed by atoms with van der Waals surface area (Å²) in [7, 11) is -3.34. The van der Waals surface area contributed by atoms with Gasteiger partial charge in [-0.3, -0.25) is 0 Å². The molecular formula is C14H13BrN2O5S. The van der Waals surface area contributed by atoms with E-state index < -0.39 is 26.7 Å². The molecule has 0 bridgehead atoms. The van der Waals surface area contributed by atoms with Gasteiger partial charge in [-0.1, -0.05) is 12.1 Å². The Bertz CT molecular complexity index is 854. The third-order valence-electron chi connectivity index (χ3n) is 3.03. The number of rotatable bonds is 5. The topological polar surface area (TPSA) is 99.4 Å². The molecule has 0 spiro atoms. The number of sulfone groups is 1. The van der Waals surface area contributed by atoms with Crippen molar-refractivity contribution in [2.24, 2.45) is 0 Å². The van der Waals surface area contributed by atoms with Crippen LogP contribution in [0.25, 0.3) is 0 Å². The molecule has 0 N–H and O–H groups in total. The first-order valence-corrected chi connectivity index (χ1v) is 9.13. The summed E-state index contributed by atoms with van der Waals surface area (Å²) < 4.78 is 29.4. The fraction of sp³-hybridized carbons (Fsp3) is 0.214. The van der Waals surface area contributed by atoms with Crippen LogP contribution in [-0.4, -0.2) is 24.6 Å². The predicted octanol–water partition coefficient (Wildman–Crippen LogP) is 3.30. The summed E-state index contributed by atoms with van der Waals surface area (Å²) in [6, 6.07) is 7.70. The minimum Gasteiger partial charge on any atom is -0.478 e. The van der Waals surface area contributed by atoms with Gasteiger partial charge in [-0.05, 0) is 50.5 Å². The van der Waals surface area contributed by atoms with Crippen LogP contribution in [0.2, 0.25) is 0 Å². The van der Waals surface area contributed by atoms with Crippen LogP contribution in [0.15, 0.2) is 45.9 Å². The van der Waals surface area contributed by atoms with Crippen LogP contribution in [0, 0.1) is 10.1 Å². The van der Waals surface area contributed by atoms with E-state index in [1.807, 2.05) is 0 Å². The summed E-state index contributed by atoms with van der Waals surface area (Å²) in [6.45, 7) is 1.67. The van der Waals surface area contributed by atoms with Gasteiger partial charge in [-0.25, -0.2) is 8.42 Å². The average molecular weight is 401 g/mol. The van der Waals surface area contributed by atoms with Crippen LogP contribution in [0.5, 0.6) is 5.75 Å². The van der Waals surface area contributed by atoms with Crippen molar-refractivity contribution >= 4 is 31.6 Å². The quantitative estimate of drug-likeness (QED) is 0.563. The number of aromatic nitrogens is 1. The lowest BCUT2D eigenvalue weighted by atomic mass is 10.1. The van der Waals surface area contributed by atoms with E-state index in [2.05, 4.69) is 20.9 Å². The SMILES string of the molecule is CC(Oc1cc(Br)cnc1[N+](=O)[O-])c1cccc(S(C)(=O)=O)c1. The molecule has 1 unspecified atom stereocenters. The van der Waals surface area contributed by atoms with Crippen LogP contribution in [0.1, 0.15) is 18.6 Å². The number of benzene rings is 1. The van der Waals surface area contributed by atoms with Gasteiger partial charge in [-0.2, -0.15) is 0 Å². The van der Waals surface area contributed by atoms with Crippen LogP contribution >= 0.6 is 15.9 Å². The zero-order chi connectivity index (χ0) is 17.2. The molecule has 9 heteroatoms. The maximum Gasteiger partial charge on any atom is 0.406 e. The fourth-order valence-corrected chi connectivity index (χ4v) is 2.88. The number of pyridine rings is 1. The molecule has 2 rings (SSSR count). The Morgan fingerprint density at radius 1 is 1.35 bits per heavy atom. The molecule has 1 aromatic heterocycles. The van der Waals surface area contributed by atoms with Crippen molar-refractivity contribution in [3.8, 4) is 5.75 Å². The fourth-order valence-electron chi connectivity index (χ4n) is 1.89. The number of halogens is 1. The van der Waals surface area contributed by atoms with E-state index >= 15 is 0 Å². The van der Waals surface area contributed by atoms with E-state index in [0.29, 0.717) is 10.0 Å². The highest BCUT2D eigenvalue weighted by molar-refractivity contribution is 9.10. The second-order valence-corrected chi connectivity index (χ2v) is 7.77. The molecule has 0 aliphatic heterocycles.